The number of benzene rings is 1. The summed E-state index contributed by atoms with van der Waals surface area (Å²) >= 11 is 0. The first kappa shape index (κ1) is 25.8. The lowest BCUT2D eigenvalue weighted by atomic mass is 10.1. The molecular formula is C25H38IN5O2. The number of hydrogen-bond acceptors (Lipinski definition) is 5. The average Bonchev–Trinajstić information content (AvgIpc) is 3.37. The van der Waals surface area contributed by atoms with Gasteiger partial charge in [-0.3, -0.25) is 9.89 Å². The SMILES string of the molecule is I.c1ccc(N2CCCC(NC(=NCCCN3CCOCC3)NCCc3ccco3)C2)cc1. The largest absolute Gasteiger partial charge is 0.469 e. The minimum Gasteiger partial charge on any atom is -0.469 e. The van der Waals surface area contributed by atoms with E-state index in [0.29, 0.717) is 6.04 Å². The van der Waals surface area contributed by atoms with Gasteiger partial charge in [0.05, 0.1) is 19.5 Å². The summed E-state index contributed by atoms with van der Waals surface area (Å²) in [4.78, 5) is 9.85. The Morgan fingerprint density at radius 3 is 2.70 bits per heavy atom. The second-order valence-corrected chi connectivity index (χ2v) is 8.56. The summed E-state index contributed by atoms with van der Waals surface area (Å²) in [6.07, 6.45) is 5.99. The number of morpholine rings is 1. The molecule has 0 saturated carbocycles. The minimum atomic E-state index is 0. The highest BCUT2D eigenvalue weighted by Crippen LogP contribution is 2.19. The zero-order chi connectivity index (χ0) is 21.8. The van der Waals surface area contributed by atoms with Gasteiger partial charge in [0.2, 0.25) is 0 Å². The number of nitrogens with zero attached hydrogens (tertiary/aromatic N) is 3. The van der Waals surface area contributed by atoms with Gasteiger partial charge in [-0.2, -0.15) is 0 Å². The third-order valence-corrected chi connectivity index (χ3v) is 6.13. The molecule has 2 aromatic rings. The predicted octanol–water partition coefficient (Wildman–Crippen LogP) is 3.37. The second-order valence-electron chi connectivity index (χ2n) is 8.56. The number of piperidine rings is 1. The molecular weight excluding hydrogens is 529 g/mol. The van der Waals surface area contributed by atoms with E-state index in [1.807, 2.05) is 12.1 Å². The number of nitrogens with one attached hydrogen (secondary N) is 2. The Kier molecular flexibility index (Phi) is 11.3. The molecule has 33 heavy (non-hydrogen) atoms. The van der Waals surface area contributed by atoms with Gasteiger partial charge in [0.25, 0.3) is 0 Å². The van der Waals surface area contributed by atoms with Crippen LogP contribution in [0.1, 0.15) is 25.0 Å². The molecule has 7 nitrogen and oxygen atoms in total. The van der Waals surface area contributed by atoms with Crippen molar-refractivity contribution in [1.82, 2.24) is 15.5 Å². The Balaban J connectivity index is 0.00000306. The number of halogens is 1. The Labute approximate surface area is 215 Å². The van der Waals surface area contributed by atoms with Crippen molar-refractivity contribution in [2.24, 2.45) is 4.99 Å². The van der Waals surface area contributed by atoms with Crippen LogP contribution in [-0.4, -0.2) is 75.9 Å². The van der Waals surface area contributed by atoms with Gasteiger partial charge in [-0.25, -0.2) is 0 Å². The first-order valence-electron chi connectivity index (χ1n) is 12.0. The lowest BCUT2D eigenvalue weighted by Gasteiger charge is -2.35. The van der Waals surface area contributed by atoms with Crippen LogP contribution in [0.3, 0.4) is 0 Å². The Morgan fingerprint density at radius 2 is 1.91 bits per heavy atom. The zero-order valence-electron chi connectivity index (χ0n) is 19.5. The Bertz CT molecular complexity index is 796. The van der Waals surface area contributed by atoms with E-state index in [2.05, 4.69) is 50.8 Å². The van der Waals surface area contributed by atoms with Crippen molar-refractivity contribution in [3.05, 3.63) is 54.5 Å². The summed E-state index contributed by atoms with van der Waals surface area (Å²) < 4.78 is 10.9. The molecule has 1 aromatic carbocycles. The van der Waals surface area contributed by atoms with Gasteiger partial charge in [-0.15, -0.1) is 24.0 Å². The lowest BCUT2D eigenvalue weighted by Crippen LogP contribution is -2.51. The van der Waals surface area contributed by atoms with Gasteiger partial charge in [-0.1, -0.05) is 18.2 Å². The molecule has 2 saturated heterocycles. The van der Waals surface area contributed by atoms with E-state index in [9.17, 15) is 0 Å². The predicted molar refractivity (Wildman–Crippen MR) is 145 cm³/mol. The quantitative estimate of drug-likeness (QED) is 0.210. The Morgan fingerprint density at radius 1 is 1.06 bits per heavy atom. The van der Waals surface area contributed by atoms with Crippen molar-refractivity contribution in [3.8, 4) is 0 Å². The molecule has 3 heterocycles. The van der Waals surface area contributed by atoms with Crippen LogP contribution in [0.15, 0.2) is 58.1 Å². The molecule has 0 bridgehead atoms. The average molecular weight is 568 g/mol. The van der Waals surface area contributed by atoms with Crippen LogP contribution in [0, 0.1) is 0 Å². The molecule has 1 unspecified atom stereocenters. The summed E-state index contributed by atoms with van der Waals surface area (Å²) in [6.45, 7) is 8.59. The van der Waals surface area contributed by atoms with Crippen LogP contribution in [0.4, 0.5) is 5.69 Å². The van der Waals surface area contributed by atoms with Crippen molar-refractivity contribution in [2.75, 3.05) is 63.9 Å². The van der Waals surface area contributed by atoms with E-state index >= 15 is 0 Å². The molecule has 1 aromatic heterocycles. The van der Waals surface area contributed by atoms with Crippen molar-refractivity contribution in [3.63, 3.8) is 0 Å². The number of furan rings is 1. The number of anilines is 1. The molecule has 2 N–H and O–H groups in total. The van der Waals surface area contributed by atoms with Gasteiger partial charge in [0.15, 0.2) is 5.96 Å². The summed E-state index contributed by atoms with van der Waals surface area (Å²) in [7, 11) is 0. The molecule has 0 aliphatic carbocycles. The number of ether oxygens (including phenoxy) is 1. The van der Waals surface area contributed by atoms with E-state index in [4.69, 9.17) is 14.1 Å². The topological polar surface area (TPSA) is 65.3 Å². The lowest BCUT2D eigenvalue weighted by molar-refractivity contribution is 0.0377. The van der Waals surface area contributed by atoms with Gasteiger partial charge in [0.1, 0.15) is 5.76 Å². The molecule has 2 fully saturated rings. The minimum absolute atomic E-state index is 0. The van der Waals surface area contributed by atoms with Crippen LogP contribution in [0.2, 0.25) is 0 Å². The van der Waals surface area contributed by atoms with Crippen LogP contribution in [0.25, 0.3) is 0 Å². The van der Waals surface area contributed by atoms with Gasteiger partial charge < -0.3 is 24.7 Å². The third-order valence-electron chi connectivity index (χ3n) is 6.13. The first-order valence-corrected chi connectivity index (χ1v) is 12.0. The number of guanidine groups is 1. The smallest absolute Gasteiger partial charge is 0.191 e. The van der Waals surface area contributed by atoms with Crippen molar-refractivity contribution in [1.29, 1.82) is 0 Å². The zero-order valence-corrected chi connectivity index (χ0v) is 21.8. The molecule has 0 spiro atoms. The van der Waals surface area contributed by atoms with Crippen LogP contribution in [-0.2, 0) is 11.2 Å². The molecule has 4 rings (SSSR count). The maximum atomic E-state index is 5.47. The monoisotopic (exact) mass is 567 g/mol. The van der Waals surface area contributed by atoms with Gasteiger partial charge in [-0.05, 0) is 43.5 Å². The Hall–Kier alpha value is -1.78. The number of hydrogen-bond donors (Lipinski definition) is 2. The summed E-state index contributed by atoms with van der Waals surface area (Å²) in [5.74, 6) is 1.91. The fourth-order valence-electron chi connectivity index (χ4n) is 4.38. The summed E-state index contributed by atoms with van der Waals surface area (Å²) in [5, 5.41) is 7.23. The molecule has 0 radical (unpaired) electrons. The molecule has 8 heteroatoms. The van der Waals surface area contributed by atoms with E-state index in [1.54, 1.807) is 6.26 Å². The molecule has 0 amide bonds. The normalized spacial score (nSPS) is 19.7. The fraction of sp³-hybridized carbons (Fsp3) is 0.560. The van der Waals surface area contributed by atoms with Crippen molar-refractivity contribution in [2.45, 2.75) is 31.7 Å². The maximum Gasteiger partial charge on any atom is 0.191 e. The van der Waals surface area contributed by atoms with E-state index < -0.39 is 0 Å². The number of rotatable bonds is 9. The van der Waals surface area contributed by atoms with Crippen LogP contribution < -0.4 is 15.5 Å². The number of aliphatic imine (C=N–C) groups is 1. The van der Waals surface area contributed by atoms with E-state index in [1.165, 1.54) is 12.1 Å². The third kappa shape index (κ3) is 8.83. The molecule has 2 aliphatic heterocycles. The molecule has 2 aliphatic rings. The summed E-state index contributed by atoms with van der Waals surface area (Å²) in [5.41, 5.74) is 1.30. The highest BCUT2D eigenvalue weighted by Gasteiger charge is 2.21. The van der Waals surface area contributed by atoms with Crippen LogP contribution >= 0.6 is 24.0 Å². The highest BCUT2D eigenvalue weighted by molar-refractivity contribution is 14.0. The maximum absolute atomic E-state index is 5.47. The first-order chi connectivity index (χ1) is 15.9. The van der Waals surface area contributed by atoms with Gasteiger partial charge >= 0.3 is 0 Å². The van der Waals surface area contributed by atoms with Crippen LogP contribution in [0.5, 0.6) is 0 Å². The van der Waals surface area contributed by atoms with Crippen molar-refractivity contribution < 1.29 is 9.15 Å². The summed E-state index contributed by atoms with van der Waals surface area (Å²) in [6, 6.07) is 15.1. The van der Waals surface area contributed by atoms with Crippen molar-refractivity contribution >= 4 is 35.6 Å². The molecule has 1 atom stereocenters. The second kappa shape index (κ2) is 14.5. The number of para-hydroxylation sites is 1. The van der Waals surface area contributed by atoms with E-state index in [0.717, 1.165) is 90.0 Å². The standard InChI is InChI=1S/C25H37N5O2.HI/c1-2-8-23(9-3-1)30-15-4-7-22(21-30)28-25(27-13-11-24-10-5-18-32-24)26-12-6-14-29-16-19-31-20-17-29;/h1-3,5,8-10,18,22H,4,6-7,11-17,19-21H2,(H2,26,27,28);1H. The molecule has 182 valence electrons. The van der Waals surface area contributed by atoms with Gasteiger partial charge in [0, 0.05) is 64.0 Å². The fourth-order valence-corrected chi connectivity index (χ4v) is 4.38. The van der Waals surface area contributed by atoms with E-state index in [-0.39, 0.29) is 24.0 Å². The highest BCUT2D eigenvalue weighted by atomic mass is 127.